The Morgan fingerprint density at radius 3 is 2.04 bits per heavy atom. The molecular formula is C24H38N2O. The van der Waals surface area contributed by atoms with E-state index in [-0.39, 0.29) is 10.8 Å². The molecule has 0 bridgehead atoms. The van der Waals surface area contributed by atoms with Crippen LogP contribution in [0.25, 0.3) is 0 Å². The lowest BCUT2D eigenvalue weighted by atomic mass is 9.98. The van der Waals surface area contributed by atoms with Crippen LogP contribution >= 0.6 is 0 Å². The fourth-order valence-corrected chi connectivity index (χ4v) is 2.96. The van der Waals surface area contributed by atoms with Gasteiger partial charge in [0.1, 0.15) is 5.75 Å². The molecule has 0 saturated carbocycles. The van der Waals surface area contributed by atoms with Gasteiger partial charge in [0.15, 0.2) is 0 Å². The summed E-state index contributed by atoms with van der Waals surface area (Å²) < 4.78 is 5.87. The summed E-state index contributed by atoms with van der Waals surface area (Å²) >= 11 is 0. The Morgan fingerprint density at radius 1 is 0.889 bits per heavy atom. The van der Waals surface area contributed by atoms with Crippen LogP contribution < -0.4 is 4.74 Å². The highest BCUT2D eigenvalue weighted by Crippen LogP contribution is 2.19. The SMILES string of the molecule is CC(C)(C)C#CCCN1CCN(Cc2ccc(OCC(C)(C)C)cc2)CC1. The fourth-order valence-electron chi connectivity index (χ4n) is 2.96. The molecule has 0 aliphatic carbocycles. The molecule has 1 aliphatic rings. The molecule has 0 radical (unpaired) electrons. The van der Waals surface area contributed by atoms with Gasteiger partial charge < -0.3 is 4.74 Å². The summed E-state index contributed by atoms with van der Waals surface area (Å²) in [5.41, 5.74) is 1.67. The molecule has 0 atom stereocenters. The van der Waals surface area contributed by atoms with Crippen LogP contribution in [-0.2, 0) is 6.54 Å². The number of nitrogens with zero attached hydrogens (tertiary/aromatic N) is 2. The standard InChI is InChI=1S/C24H38N2O/c1-23(2,3)13-7-8-14-25-15-17-26(18-16-25)19-21-9-11-22(12-10-21)27-20-24(4,5)6/h9-12H,8,14-20H2,1-6H3. The van der Waals surface area contributed by atoms with Crippen LogP contribution in [0.4, 0.5) is 0 Å². The highest BCUT2D eigenvalue weighted by atomic mass is 16.5. The number of benzene rings is 1. The first-order valence-corrected chi connectivity index (χ1v) is 10.3. The third kappa shape index (κ3) is 9.31. The molecule has 1 aliphatic heterocycles. The topological polar surface area (TPSA) is 15.7 Å². The van der Waals surface area contributed by atoms with E-state index in [4.69, 9.17) is 4.74 Å². The molecule has 27 heavy (non-hydrogen) atoms. The van der Waals surface area contributed by atoms with E-state index in [9.17, 15) is 0 Å². The molecule has 1 heterocycles. The Hall–Kier alpha value is -1.50. The molecule has 0 spiro atoms. The predicted molar refractivity (Wildman–Crippen MR) is 115 cm³/mol. The van der Waals surface area contributed by atoms with E-state index in [0.29, 0.717) is 0 Å². The van der Waals surface area contributed by atoms with Crippen LogP contribution in [0, 0.1) is 22.7 Å². The minimum Gasteiger partial charge on any atom is -0.493 e. The van der Waals surface area contributed by atoms with Gasteiger partial charge in [-0.25, -0.2) is 0 Å². The molecular weight excluding hydrogens is 332 g/mol. The molecule has 1 fully saturated rings. The van der Waals surface area contributed by atoms with Crippen molar-refractivity contribution < 1.29 is 4.74 Å². The summed E-state index contributed by atoms with van der Waals surface area (Å²) in [6.45, 7) is 20.5. The highest BCUT2D eigenvalue weighted by molar-refractivity contribution is 5.27. The number of rotatable bonds is 6. The molecule has 1 aromatic rings. The zero-order chi connectivity index (χ0) is 19.9. The van der Waals surface area contributed by atoms with Crippen molar-refractivity contribution >= 4 is 0 Å². The van der Waals surface area contributed by atoms with E-state index in [0.717, 1.165) is 58.0 Å². The van der Waals surface area contributed by atoms with Crippen LogP contribution in [-0.4, -0.2) is 49.1 Å². The third-order valence-electron chi connectivity index (χ3n) is 4.48. The second-order valence-corrected chi connectivity index (χ2v) is 9.91. The Balaban J connectivity index is 1.70. The van der Waals surface area contributed by atoms with Crippen molar-refractivity contribution in [1.82, 2.24) is 9.80 Å². The van der Waals surface area contributed by atoms with Gasteiger partial charge in [-0.1, -0.05) is 38.8 Å². The normalized spacial score (nSPS) is 16.7. The summed E-state index contributed by atoms with van der Waals surface area (Å²) in [7, 11) is 0. The van der Waals surface area contributed by atoms with Crippen LogP contribution in [0.5, 0.6) is 5.75 Å². The molecule has 0 aromatic heterocycles. The van der Waals surface area contributed by atoms with Gasteiger partial charge in [0, 0.05) is 51.1 Å². The van der Waals surface area contributed by atoms with E-state index >= 15 is 0 Å². The predicted octanol–water partition coefficient (Wildman–Crippen LogP) is 4.67. The van der Waals surface area contributed by atoms with Crippen LogP contribution in [0.15, 0.2) is 24.3 Å². The van der Waals surface area contributed by atoms with Crippen molar-refractivity contribution in [3.05, 3.63) is 29.8 Å². The van der Waals surface area contributed by atoms with Gasteiger partial charge in [-0.3, -0.25) is 9.80 Å². The van der Waals surface area contributed by atoms with Gasteiger partial charge in [0.2, 0.25) is 0 Å². The van der Waals surface area contributed by atoms with Crippen LogP contribution in [0.3, 0.4) is 0 Å². The molecule has 1 aromatic carbocycles. The van der Waals surface area contributed by atoms with E-state index in [1.54, 1.807) is 0 Å². The first-order valence-electron chi connectivity index (χ1n) is 10.3. The largest absolute Gasteiger partial charge is 0.493 e. The summed E-state index contributed by atoms with van der Waals surface area (Å²) in [6.07, 6.45) is 0.979. The van der Waals surface area contributed by atoms with Gasteiger partial charge in [0.05, 0.1) is 6.61 Å². The first kappa shape index (κ1) is 21.8. The quantitative estimate of drug-likeness (QED) is 0.677. The van der Waals surface area contributed by atoms with Crippen molar-refractivity contribution in [1.29, 1.82) is 0 Å². The second-order valence-electron chi connectivity index (χ2n) is 9.91. The summed E-state index contributed by atoms with van der Waals surface area (Å²) in [5, 5.41) is 0. The van der Waals surface area contributed by atoms with Gasteiger partial charge in [-0.15, -0.1) is 5.92 Å². The van der Waals surface area contributed by atoms with E-state index in [2.05, 4.69) is 87.4 Å². The zero-order valence-corrected chi connectivity index (χ0v) is 18.3. The first-order chi connectivity index (χ1) is 12.6. The van der Waals surface area contributed by atoms with Crippen molar-refractivity contribution in [3.63, 3.8) is 0 Å². The van der Waals surface area contributed by atoms with E-state index in [1.807, 2.05) is 0 Å². The zero-order valence-electron chi connectivity index (χ0n) is 18.3. The van der Waals surface area contributed by atoms with Gasteiger partial charge in [0.25, 0.3) is 0 Å². The molecule has 150 valence electrons. The lowest BCUT2D eigenvalue weighted by Gasteiger charge is -2.34. The fraction of sp³-hybridized carbons (Fsp3) is 0.667. The minimum absolute atomic E-state index is 0.117. The van der Waals surface area contributed by atoms with Crippen molar-refractivity contribution in [3.8, 4) is 17.6 Å². The molecule has 0 amide bonds. The molecule has 0 N–H and O–H groups in total. The smallest absolute Gasteiger partial charge is 0.119 e. The van der Waals surface area contributed by atoms with E-state index in [1.165, 1.54) is 5.56 Å². The van der Waals surface area contributed by atoms with Crippen molar-refractivity contribution in [2.75, 3.05) is 39.3 Å². The summed E-state index contributed by atoms with van der Waals surface area (Å²) in [4.78, 5) is 5.08. The Kier molecular flexibility index (Phi) is 7.77. The second kappa shape index (κ2) is 9.62. The molecule has 2 rings (SSSR count). The average Bonchev–Trinajstić information content (AvgIpc) is 2.58. The Bertz CT molecular complexity index is 618. The maximum absolute atomic E-state index is 5.87. The maximum Gasteiger partial charge on any atom is 0.119 e. The Morgan fingerprint density at radius 2 is 1.48 bits per heavy atom. The van der Waals surface area contributed by atoms with Crippen LogP contribution in [0.1, 0.15) is 53.5 Å². The molecule has 3 nitrogen and oxygen atoms in total. The lowest BCUT2D eigenvalue weighted by Crippen LogP contribution is -2.46. The van der Waals surface area contributed by atoms with Gasteiger partial charge in [-0.2, -0.15) is 0 Å². The van der Waals surface area contributed by atoms with Crippen molar-refractivity contribution in [2.45, 2.75) is 54.5 Å². The number of hydrogen-bond donors (Lipinski definition) is 0. The third-order valence-corrected chi connectivity index (χ3v) is 4.48. The van der Waals surface area contributed by atoms with E-state index < -0.39 is 0 Å². The number of hydrogen-bond acceptors (Lipinski definition) is 3. The van der Waals surface area contributed by atoms with Crippen molar-refractivity contribution in [2.24, 2.45) is 10.8 Å². The number of piperazine rings is 1. The van der Waals surface area contributed by atoms with Crippen LogP contribution in [0.2, 0.25) is 0 Å². The highest BCUT2D eigenvalue weighted by Gasteiger charge is 2.16. The molecule has 3 heteroatoms. The maximum atomic E-state index is 5.87. The summed E-state index contributed by atoms with van der Waals surface area (Å²) in [6, 6.07) is 8.61. The summed E-state index contributed by atoms with van der Waals surface area (Å²) in [5.74, 6) is 7.63. The van der Waals surface area contributed by atoms with Gasteiger partial charge >= 0.3 is 0 Å². The lowest BCUT2D eigenvalue weighted by molar-refractivity contribution is 0.129. The minimum atomic E-state index is 0.117. The Labute approximate surface area is 167 Å². The average molecular weight is 371 g/mol. The number of ether oxygens (including phenoxy) is 1. The molecule has 0 unspecified atom stereocenters. The monoisotopic (exact) mass is 370 g/mol. The van der Waals surface area contributed by atoms with Gasteiger partial charge in [-0.05, 0) is 43.9 Å². The molecule has 1 saturated heterocycles.